The molecule has 0 spiro atoms. The van der Waals surface area contributed by atoms with Crippen molar-refractivity contribution < 1.29 is 0 Å². The van der Waals surface area contributed by atoms with Crippen LogP contribution in [0.2, 0.25) is 0 Å². The highest BCUT2D eigenvalue weighted by molar-refractivity contribution is 5.16. The van der Waals surface area contributed by atoms with Gasteiger partial charge in [-0.3, -0.25) is 4.90 Å². The Morgan fingerprint density at radius 1 is 1.20 bits per heavy atom. The van der Waals surface area contributed by atoms with Crippen molar-refractivity contribution in [2.45, 2.75) is 12.5 Å². The number of benzene rings is 1. The molecule has 0 amide bonds. The zero-order chi connectivity index (χ0) is 10.5. The standard InChI is InChI=1S/C13H19N2/c1-12(15-9-7-14-8-10-15)11-13-5-3-2-4-6-13/h2-6,12,14H,1,7-11H2. The summed E-state index contributed by atoms with van der Waals surface area (Å²) in [7, 11) is 0. The van der Waals surface area contributed by atoms with Gasteiger partial charge in [-0.15, -0.1) is 0 Å². The Hall–Kier alpha value is -0.860. The molecule has 1 unspecified atom stereocenters. The van der Waals surface area contributed by atoms with Gasteiger partial charge in [0.1, 0.15) is 0 Å². The number of hydrogen-bond acceptors (Lipinski definition) is 2. The van der Waals surface area contributed by atoms with E-state index in [2.05, 4.69) is 47.5 Å². The molecule has 0 aliphatic carbocycles. The summed E-state index contributed by atoms with van der Waals surface area (Å²) >= 11 is 0. The maximum absolute atomic E-state index is 4.26. The molecule has 2 nitrogen and oxygen atoms in total. The lowest BCUT2D eigenvalue weighted by atomic mass is 10.1. The highest BCUT2D eigenvalue weighted by Gasteiger charge is 2.16. The van der Waals surface area contributed by atoms with Gasteiger partial charge < -0.3 is 5.32 Å². The van der Waals surface area contributed by atoms with Crippen molar-refractivity contribution in [1.82, 2.24) is 10.2 Å². The van der Waals surface area contributed by atoms with Crippen LogP contribution in [0, 0.1) is 6.92 Å². The summed E-state index contributed by atoms with van der Waals surface area (Å²) in [4.78, 5) is 2.46. The number of rotatable bonds is 3. The van der Waals surface area contributed by atoms with E-state index < -0.39 is 0 Å². The van der Waals surface area contributed by atoms with Gasteiger partial charge in [0.2, 0.25) is 0 Å². The summed E-state index contributed by atoms with van der Waals surface area (Å²) in [5.41, 5.74) is 1.39. The van der Waals surface area contributed by atoms with Crippen LogP contribution >= 0.6 is 0 Å². The highest BCUT2D eigenvalue weighted by atomic mass is 15.2. The number of piperazine rings is 1. The number of nitrogens with zero attached hydrogens (tertiary/aromatic N) is 1. The van der Waals surface area contributed by atoms with Crippen molar-refractivity contribution in [2.75, 3.05) is 26.2 Å². The van der Waals surface area contributed by atoms with Crippen LogP contribution in [0.3, 0.4) is 0 Å². The van der Waals surface area contributed by atoms with Gasteiger partial charge in [0.05, 0.1) is 0 Å². The zero-order valence-corrected chi connectivity index (χ0v) is 9.15. The third-order valence-corrected chi connectivity index (χ3v) is 2.98. The Kier molecular flexibility index (Phi) is 3.75. The average Bonchev–Trinajstić information content (AvgIpc) is 2.31. The Labute approximate surface area is 92.3 Å². The van der Waals surface area contributed by atoms with Crippen LogP contribution in [0.5, 0.6) is 0 Å². The molecule has 0 aromatic heterocycles. The van der Waals surface area contributed by atoms with Gasteiger partial charge >= 0.3 is 0 Å². The maximum atomic E-state index is 4.26. The maximum Gasteiger partial charge on any atom is 0.0137 e. The van der Waals surface area contributed by atoms with Gasteiger partial charge in [-0.2, -0.15) is 0 Å². The van der Waals surface area contributed by atoms with Crippen molar-refractivity contribution in [1.29, 1.82) is 0 Å². The third-order valence-electron chi connectivity index (χ3n) is 2.98. The summed E-state index contributed by atoms with van der Waals surface area (Å²) in [6.45, 7) is 8.70. The monoisotopic (exact) mass is 203 g/mol. The molecule has 1 heterocycles. The van der Waals surface area contributed by atoms with Gasteiger partial charge in [0.25, 0.3) is 0 Å². The molecule has 1 saturated heterocycles. The SMILES string of the molecule is [CH2]C(Cc1ccccc1)N1CCNCC1. The second kappa shape index (κ2) is 5.29. The summed E-state index contributed by atoms with van der Waals surface area (Å²) in [5.74, 6) is 0. The largest absolute Gasteiger partial charge is 0.314 e. The lowest BCUT2D eigenvalue weighted by molar-refractivity contribution is 0.199. The molecule has 0 bridgehead atoms. The van der Waals surface area contributed by atoms with Gasteiger partial charge in [-0.05, 0) is 18.9 Å². The van der Waals surface area contributed by atoms with Crippen LogP contribution < -0.4 is 5.32 Å². The molecule has 2 rings (SSSR count). The van der Waals surface area contributed by atoms with Crippen LogP contribution in [0.25, 0.3) is 0 Å². The molecule has 0 saturated carbocycles. The normalized spacial score (nSPS) is 20.1. The molecule has 1 atom stereocenters. The molecule has 1 aliphatic rings. The van der Waals surface area contributed by atoms with Gasteiger partial charge in [-0.25, -0.2) is 0 Å². The van der Waals surface area contributed by atoms with Crippen molar-refractivity contribution in [2.24, 2.45) is 0 Å². The summed E-state index contributed by atoms with van der Waals surface area (Å²) in [6, 6.07) is 11.0. The molecule has 1 radical (unpaired) electrons. The molecular formula is C13H19N2. The van der Waals surface area contributed by atoms with Gasteiger partial charge in [0, 0.05) is 32.2 Å². The zero-order valence-electron chi connectivity index (χ0n) is 9.15. The van der Waals surface area contributed by atoms with Crippen molar-refractivity contribution in [3.63, 3.8) is 0 Å². The predicted molar refractivity (Wildman–Crippen MR) is 63.7 cm³/mol. The molecule has 1 fully saturated rings. The molecular weight excluding hydrogens is 184 g/mol. The van der Waals surface area contributed by atoms with Crippen molar-refractivity contribution in [3.05, 3.63) is 42.8 Å². The first-order valence-corrected chi connectivity index (χ1v) is 5.68. The molecule has 1 aromatic rings. The van der Waals surface area contributed by atoms with E-state index in [0.717, 1.165) is 32.6 Å². The number of hydrogen-bond donors (Lipinski definition) is 1. The molecule has 1 aliphatic heterocycles. The lowest BCUT2D eigenvalue weighted by Crippen LogP contribution is -2.48. The Morgan fingerprint density at radius 3 is 2.53 bits per heavy atom. The van der Waals surface area contributed by atoms with Crippen molar-refractivity contribution >= 4 is 0 Å². The fourth-order valence-corrected chi connectivity index (χ4v) is 2.06. The minimum absolute atomic E-state index is 0.412. The van der Waals surface area contributed by atoms with Crippen LogP contribution in [0.4, 0.5) is 0 Å². The van der Waals surface area contributed by atoms with Crippen LogP contribution in [-0.4, -0.2) is 37.1 Å². The number of nitrogens with one attached hydrogen (secondary N) is 1. The quantitative estimate of drug-likeness (QED) is 0.797. The van der Waals surface area contributed by atoms with E-state index >= 15 is 0 Å². The van der Waals surface area contributed by atoms with E-state index in [9.17, 15) is 0 Å². The molecule has 1 aromatic carbocycles. The molecule has 1 N–H and O–H groups in total. The first kappa shape index (κ1) is 10.7. The van der Waals surface area contributed by atoms with Gasteiger partial charge in [0.15, 0.2) is 0 Å². The first-order chi connectivity index (χ1) is 7.36. The summed E-state index contributed by atoms with van der Waals surface area (Å²) in [6.07, 6.45) is 1.06. The lowest BCUT2D eigenvalue weighted by Gasteiger charge is -2.32. The molecule has 15 heavy (non-hydrogen) atoms. The van der Waals surface area contributed by atoms with Crippen LogP contribution in [0.1, 0.15) is 5.56 Å². The topological polar surface area (TPSA) is 15.3 Å². The average molecular weight is 203 g/mol. The van der Waals surface area contributed by atoms with E-state index in [1.165, 1.54) is 5.56 Å². The second-order valence-electron chi connectivity index (χ2n) is 4.13. The van der Waals surface area contributed by atoms with Gasteiger partial charge in [-0.1, -0.05) is 30.3 Å². The Balaban J connectivity index is 1.88. The first-order valence-electron chi connectivity index (χ1n) is 5.68. The van der Waals surface area contributed by atoms with E-state index in [0.29, 0.717) is 6.04 Å². The summed E-state index contributed by atoms with van der Waals surface area (Å²) < 4.78 is 0. The minimum atomic E-state index is 0.412. The third kappa shape index (κ3) is 3.05. The second-order valence-corrected chi connectivity index (χ2v) is 4.13. The predicted octanol–water partition coefficient (Wildman–Crippen LogP) is 1.34. The smallest absolute Gasteiger partial charge is 0.0137 e. The van der Waals surface area contributed by atoms with E-state index in [1.807, 2.05) is 0 Å². The van der Waals surface area contributed by atoms with Crippen LogP contribution in [-0.2, 0) is 6.42 Å². The highest BCUT2D eigenvalue weighted by Crippen LogP contribution is 2.08. The Morgan fingerprint density at radius 2 is 1.87 bits per heavy atom. The fraction of sp³-hybridized carbons (Fsp3) is 0.462. The van der Waals surface area contributed by atoms with E-state index in [4.69, 9.17) is 0 Å². The molecule has 81 valence electrons. The Bertz CT molecular complexity index is 278. The van der Waals surface area contributed by atoms with Crippen molar-refractivity contribution in [3.8, 4) is 0 Å². The van der Waals surface area contributed by atoms with Crippen LogP contribution in [0.15, 0.2) is 30.3 Å². The fourth-order valence-electron chi connectivity index (χ4n) is 2.06. The van der Waals surface area contributed by atoms with E-state index in [1.54, 1.807) is 0 Å². The van der Waals surface area contributed by atoms with E-state index in [-0.39, 0.29) is 0 Å². The molecule has 2 heteroatoms. The summed E-state index contributed by atoms with van der Waals surface area (Å²) in [5, 5.41) is 3.36. The minimum Gasteiger partial charge on any atom is -0.314 e.